The minimum atomic E-state index is -0.838. The highest BCUT2D eigenvalue weighted by Crippen LogP contribution is 2.35. The van der Waals surface area contributed by atoms with Gasteiger partial charge in [0.1, 0.15) is 17.6 Å². The molecule has 0 aliphatic carbocycles. The van der Waals surface area contributed by atoms with Gasteiger partial charge in [0.15, 0.2) is 0 Å². The minimum Gasteiger partial charge on any atom is -0.355 e. The van der Waals surface area contributed by atoms with Gasteiger partial charge in [-0.1, -0.05) is 26.8 Å². The van der Waals surface area contributed by atoms with Gasteiger partial charge in [-0.05, 0) is 17.5 Å². The topological polar surface area (TPSA) is 58.2 Å². The van der Waals surface area contributed by atoms with Gasteiger partial charge in [0.2, 0.25) is 11.8 Å². The number of hydrogen-bond donors (Lipinski definition) is 2. The lowest BCUT2D eigenvalue weighted by Gasteiger charge is -2.29. The van der Waals surface area contributed by atoms with Crippen LogP contribution in [-0.2, 0) is 16.1 Å². The summed E-state index contributed by atoms with van der Waals surface area (Å²) in [5, 5.41) is 5.16. The summed E-state index contributed by atoms with van der Waals surface area (Å²) in [6.45, 7) is 6.00. The van der Waals surface area contributed by atoms with Crippen molar-refractivity contribution in [3.05, 3.63) is 35.4 Å². The zero-order valence-corrected chi connectivity index (χ0v) is 12.9. The van der Waals surface area contributed by atoms with Crippen LogP contribution in [0.4, 0.5) is 8.78 Å². The van der Waals surface area contributed by atoms with Crippen LogP contribution in [0.25, 0.3) is 0 Å². The Morgan fingerprint density at radius 1 is 1.32 bits per heavy atom. The van der Waals surface area contributed by atoms with Crippen LogP contribution < -0.4 is 10.6 Å². The van der Waals surface area contributed by atoms with Crippen molar-refractivity contribution in [3.8, 4) is 0 Å². The van der Waals surface area contributed by atoms with E-state index in [4.69, 9.17) is 0 Å². The second-order valence-corrected chi connectivity index (χ2v) is 6.61. The van der Waals surface area contributed by atoms with Crippen molar-refractivity contribution in [2.24, 2.45) is 17.3 Å². The van der Waals surface area contributed by atoms with Crippen molar-refractivity contribution in [2.75, 3.05) is 6.54 Å². The van der Waals surface area contributed by atoms with Gasteiger partial charge in [0.05, 0.1) is 0 Å². The van der Waals surface area contributed by atoms with Crippen LogP contribution in [-0.4, -0.2) is 18.4 Å². The fourth-order valence-electron chi connectivity index (χ4n) is 2.72. The molecule has 4 nitrogen and oxygen atoms in total. The molecule has 22 heavy (non-hydrogen) atoms. The van der Waals surface area contributed by atoms with E-state index in [9.17, 15) is 18.4 Å². The first kappa shape index (κ1) is 16.4. The van der Waals surface area contributed by atoms with E-state index in [1.807, 2.05) is 20.8 Å². The van der Waals surface area contributed by atoms with Crippen molar-refractivity contribution < 1.29 is 18.4 Å². The van der Waals surface area contributed by atoms with Crippen LogP contribution in [0.3, 0.4) is 0 Å². The first-order valence-electron chi connectivity index (χ1n) is 7.20. The fourth-order valence-corrected chi connectivity index (χ4v) is 2.72. The molecule has 0 bridgehead atoms. The maximum Gasteiger partial charge on any atom is 0.233 e. The third-order valence-electron chi connectivity index (χ3n) is 4.08. The predicted octanol–water partition coefficient (Wildman–Crippen LogP) is 1.99. The van der Waals surface area contributed by atoms with E-state index in [-0.39, 0.29) is 29.3 Å². The van der Waals surface area contributed by atoms with Crippen LogP contribution in [0.15, 0.2) is 18.2 Å². The van der Waals surface area contributed by atoms with Crippen LogP contribution in [0.5, 0.6) is 0 Å². The van der Waals surface area contributed by atoms with Gasteiger partial charge in [-0.3, -0.25) is 9.59 Å². The molecule has 1 aliphatic heterocycles. The number of benzene rings is 1. The minimum absolute atomic E-state index is 0.162. The number of carbonyl (C=O) groups is 2. The zero-order valence-electron chi connectivity index (χ0n) is 12.9. The molecule has 120 valence electrons. The molecular formula is C16H20F2N2O2. The molecule has 1 fully saturated rings. The average Bonchev–Trinajstić information content (AvgIpc) is 2.80. The quantitative estimate of drug-likeness (QED) is 0.839. The summed E-state index contributed by atoms with van der Waals surface area (Å²) in [4.78, 5) is 24.2. The van der Waals surface area contributed by atoms with Crippen LogP contribution in [0.2, 0.25) is 0 Å². The Morgan fingerprint density at radius 3 is 2.45 bits per heavy atom. The molecule has 1 aromatic carbocycles. The molecule has 1 aliphatic rings. The Bertz CT molecular complexity index is 576. The molecular weight excluding hydrogens is 290 g/mol. The highest BCUT2D eigenvalue weighted by atomic mass is 19.1. The number of nitrogens with one attached hydrogen (secondary N) is 2. The Morgan fingerprint density at radius 2 is 1.91 bits per heavy atom. The van der Waals surface area contributed by atoms with E-state index < -0.39 is 23.5 Å². The maximum atomic E-state index is 13.6. The average molecular weight is 310 g/mol. The fraction of sp³-hybridized carbons (Fsp3) is 0.500. The number of rotatable bonds is 3. The molecule has 1 saturated heterocycles. The zero-order chi connectivity index (χ0) is 16.5. The third kappa shape index (κ3) is 3.26. The smallest absolute Gasteiger partial charge is 0.233 e. The maximum absolute atomic E-state index is 13.6. The number of hydrogen-bond acceptors (Lipinski definition) is 2. The van der Waals surface area contributed by atoms with Crippen molar-refractivity contribution in [1.82, 2.24) is 10.6 Å². The first-order chi connectivity index (χ1) is 10.2. The lowest BCUT2D eigenvalue weighted by molar-refractivity contribution is -0.135. The summed E-state index contributed by atoms with van der Waals surface area (Å²) in [6.07, 6.45) is 0. The number of carbonyl (C=O) groups excluding carboxylic acids is 2. The third-order valence-corrected chi connectivity index (χ3v) is 4.08. The first-order valence-corrected chi connectivity index (χ1v) is 7.20. The summed E-state index contributed by atoms with van der Waals surface area (Å²) >= 11 is 0. The summed E-state index contributed by atoms with van der Waals surface area (Å²) in [7, 11) is 0. The number of amides is 2. The molecule has 2 rings (SSSR count). The Hall–Kier alpha value is -1.98. The molecule has 6 heteroatoms. The number of halogens is 2. The molecule has 2 atom stereocenters. The molecule has 1 aromatic rings. The molecule has 0 saturated carbocycles. The predicted molar refractivity (Wildman–Crippen MR) is 77.6 cm³/mol. The largest absolute Gasteiger partial charge is 0.355 e. The van der Waals surface area contributed by atoms with Gasteiger partial charge in [0, 0.05) is 24.6 Å². The van der Waals surface area contributed by atoms with Gasteiger partial charge in [-0.2, -0.15) is 0 Å². The monoisotopic (exact) mass is 310 g/mol. The normalized spacial score (nSPS) is 21.6. The van der Waals surface area contributed by atoms with Crippen molar-refractivity contribution >= 4 is 11.8 Å². The van der Waals surface area contributed by atoms with E-state index in [0.29, 0.717) is 6.54 Å². The lowest BCUT2D eigenvalue weighted by atomic mass is 9.74. The molecule has 0 spiro atoms. The molecule has 2 N–H and O–H groups in total. The highest BCUT2D eigenvalue weighted by Gasteiger charge is 2.45. The van der Waals surface area contributed by atoms with Gasteiger partial charge >= 0.3 is 0 Å². The van der Waals surface area contributed by atoms with Crippen molar-refractivity contribution in [3.63, 3.8) is 0 Å². The van der Waals surface area contributed by atoms with Crippen molar-refractivity contribution in [1.29, 1.82) is 0 Å². The van der Waals surface area contributed by atoms with E-state index in [1.165, 1.54) is 6.07 Å². The van der Waals surface area contributed by atoms with Gasteiger partial charge < -0.3 is 10.6 Å². The molecule has 0 aromatic heterocycles. The van der Waals surface area contributed by atoms with Gasteiger partial charge in [0.25, 0.3) is 0 Å². The van der Waals surface area contributed by atoms with Gasteiger partial charge in [-0.25, -0.2) is 8.78 Å². The second-order valence-electron chi connectivity index (χ2n) is 6.61. The van der Waals surface area contributed by atoms with E-state index in [1.54, 1.807) is 0 Å². The van der Waals surface area contributed by atoms with Crippen LogP contribution in [0.1, 0.15) is 26.3 Å². The van der Waals surface area contributed by atoms with E-state index in [2.05, 4.69) is 10.6 Å². The summed E-state index contributed by atoms with van der Waals surface area (Å²) in [6, 6.07) is 3.52. The van der Waals surface area contributed by atoms with Gasteiger partial charge in [-0.15, -0.1) is 0 Å². The molecule has 1 heterocycles. The summed E-state index contributed by atoms with van der Waals surface area (Å²) in [5.41, 5.74) is -0.439. The van der Waals surface area contributed by atoms with Crippen molar-refractivity contribution in [2.45, 2.75) is 27.3 Å². The molecule has 0 radical (unpaired) electrons. The van der Waals surface area contributed by atoms with Crippen LogP contribution in [0, 0.1) is 28.9 Å². The summed E-state index contributed by atoms with van der Waals surface area (Å²) < 4.78 is 27.1. The second kappa shape index (κ2) is 6.02. The highest BCUT2D eigenvalue weighted by molar-refractivity contribution is 6.02. The Balaban J connectivity index is 2.10. The van der Waals surface area contributed by atoms with Crippen LogP contribution >= 0.6 is 0 Å². The summed E-state index contributed by atoms with van der Waals surface area (Å²) in [5.74, 6) is -3.28. The van der Waals surface area contributed by atoms with E-state index >= 15 is 0 Å². The SMILES string of the molecule is CC(C)(C)C1CNC(=O)C1C(=O)NCc1c(F)cccc1F. The molecule has 2 amide bonds. The Kier molecular flexibility index (Phi) is 4.49. The lowest BCUT2D eigenvalue weighted by Crippen LogP contribution is -2.40. The Labute approximate surface area is 128 Å². The molecule has 2 unspecified atom stereocenters. The van der Waals surface area contributed by atoms with E-state index in [0.717, 1.165) is 12.1 Å². The standard InChI is InChI=1S/C16H20F2N2O2/c1-16(2,3)10-8-20-15(22)13(10)14(21)19-7-9-11(17)5-4-6-12(9)18/h4-6,10,13H,7-8H2,1-3H3,(H,19,21)(H,20,22).